The SMILES string of the molecule is Cc1[nH]nc2c1C(c1c(F)cccc1F)C(C#N)=C(N)O2. The number of allylic oxidation sites excluding steroid dienone is 1. The summed E-state index contributed by atoms with van der Waals surface area (Å²) in [5.74, 6) is -2.58. The molecule has 3 rings (SSSR count). The van der Waals surface area contributed by atoms with Crippen LogP contribution in [-0.2, 0) is 0 Å². The predicted molar refractivity (Wildman–Crippen MR) is 69.0 cm³/mol. The van der Waals surface area contributed by atoms with E-state index in [1.807, 2.05) is 6.07 Å². The van der Waals surface area contributed by atoms with Crippen LogP contribution in [0.3, 0.4) is 0 Å². The molecule has 1 aromatic heterocycles. The van der Waals surface area contributed by atoms with Gasteiger partial charge < -0.3 is 10.5 Å². The average Bonchev–Trinajstić information content (AvgIpc) is 2.79. The summed E-state index contributed by atoms with van der Waals surface area (Å²) in [6.07, 6.45) is 0. The van der Waals surface area contributed by atoms with E-state index in [4.69, 9.17) is 10.5 Å². The van der Waals surface area contributed by atoms with E-state index < -0.39 is 17.6 Å². The van der Waals surface area contributed by atoms with Gasteiger partial charge in [-0.25, -0.2) is 8.78 Å². The van der Waals surface area contributed by atoms with Gasteiger partial charge in [-0.15, -0.1) is 5.10 Å². The smallest absolute Gasteiger partial charge is 0.244 e. The average molecular weight is 288 g/mol. The van der Waals surface area contributed by atoms with Gasteiger partial charge in [0.05, 0.1) is 5.92 Å². The van der Waals surface area contributed by atoms with E-state index >= 15 is 0 Å². The highest BCUT2D eigenvalue weighted by atomic mass is 19.1. The molecule has 0 fully saturated rings. The molecular weight excluding hydrogens is 278 g/mol. The maximum Gasteiger partial charge on any atom is 0.244 e. The molecule has 7 heteroatoms. The second kappa shape index (κ2) is 4.59. The minimum Gasteiger partial charge on any atom is -0.420 e. The highest BCUT2D eigenvalue weighted by molar-refractivity contribution is 5.55. The van der Waals surface area contributed by atoms with Gasteiger partial charge in [0.1, 0.15) is 23.3 Å². The molecule has 21 heavy (non-hydrogen) atoms. The fraction of sp³-hybridized carbons (Fsp3) is 0.143. The summed E-state index contributed by atoms with van der Waals surface area (Å²) in [5.41, 5.74) is 6.35. The molecule has 1 aliphatic rings. The van der Waals surface area contributed by atoms with E-state index in [9.17, 15) is 14.0 Å². The first kappa shape index (κ1) is 13.1. The molecule has 1 aliphatic heterocycles. The summed E-state index contributed by atoms with van der Waals surface area (Å²) in [6.45, 7) is 1.68. The summed E-state index contributed by atoms with van der Waals surface area (Å²) in [5, 5.41) is 15.9. The van der Waals surface area contributed by atoms with Crippen molar-refractivity contribution in [3.05, 3.63) is 58.1 Å². The van der Waals surface area contributed by atoms with Crippen LogP contribution in [0.25, 0.3) is 0 Å². The van der Waals surface area contributed by atoms with Crippen LogP contribution in [0.5, 0.6) is 5.88 Å². The molecule has 3 N–H and O–H groups in total. The third-order valence-electron chi connectivity index (χ3n) is 3.42. The Morgan fingerprint density at radius 3 is 2.62 bits per heavy atom. The van der Waals surface area contributed by atoms with Crippen LogP contribution in [0, 0.1) is 29.9 Å². The Hall–Kier alpha value is -2.88. The van der Waals surface area contributed by atoms with Gasteiger partial charge in [-0.1, -0.05) is 6.07 Å². The molecule has 0 saturated heterocycles. The number of nitrogens with two attached hydrogens (primary N) is 1. The summed E-state index contributed by atoms with van der Waals surface area (Å²) in [6, 6.07) is 5.40. The molecule has 0 aliphatic carbocycles. The van der Waals surface area contributed by atoms with Crippen molar-refractivity contribution in [3.8, 4) is 11.9 Å². The van der Waals surface area contributed by atoms with E-state index in [1.165, 1.54) is 6.07 Å². The minimum atomic E-state index is -0.987. The van der Waals surface area contributed by atoms with Gasteiger partial charge in [0.2, 0.25) is 11.8 Å². The lowest BCUT2D eigenvalue weighted by atomic mass is 9.83. The van der Waals surface area contributed by atoms with Gasteiger partial charge >= 0.3 is 0 Å². The molecule has 0 bridgehead atoms. The molecule has 1 unspecified atom stereocenters. The molecule has 106 valence electrons. The zero-order valence-corrected chi connectivity index (χ0v) is 10.9. The minimum absolute atomic E-state index is 0.0454. The third kappa shape index (κ3) is 1.84. The molecule has 2 heterocycles. The van der Waals surface area contributed by atoms with Gasteiger partial charge in [0.15, 0.2) is 0 Å². The second-order valence-electron chi connectivity index (χ2n) is 4.63. The third-order valence-corrected chi connectivity index (χ3v) is 3.42. The quantitative estimate of drug-likeness (QED) is 0.842. The fourth-order valence-corrected chi connectivity index (χ4v) is 2.47. The van der Waals surface area contributed by atoms with E-state index in [0.717, 1.165) is 12.1 Å². The molecule has 0 radical (unpaired) electrons. The molecule has 1 atom stereocenters. The van der Waals surface area contributed by atoms with E-state index in [-0.39, 0.29) is 22.9 Å². The number of hydrogen-bond acceptors (Lipinski definition) is 4. The predicted octanol–water partition coefficient (Wildman–Crippen LogP) is 2.21. The van der Waals surface area contributed by atoms with Gasteiger partial charge in [-0.05, 0) is 19.1 Å². The number of ether oxygens (including phenoxy) is 1. The van der Waals surface area contributed by atoms with Crippen LogP contribution in [0.15, 0.2) is 29.7 Å². The first-order valence-electron chi connectivity index (χ1n) is 6.11. The van der Waals surface area contributed by atoms with Crippen molar-refractivity contribution in [1.82, 2.24) is 10.2 Å². The van der Waals surface area contributed by atoms with Crippen molar-refractivity contribution >= 4 is 0 Å². The number of nitrogens with one attached hydrogen (secondary N) is 1. The number of aromatic nitrogens is 2. The Morgan fingerprint density at radius 1 is 1.33 bits per heavy atom. The zero-order valence-electron chi connectivity index (χ0n) is 10.9. The lowest BCUT2D eigenvalue weighted by Crippen LogP contribution is -2.22. The number of nitrogens with zero attached hydrogens (tertiary/aromatic N) is 2. The van der Waals surface area contributed by atoms with Crippen LogP contribution in [0.4, 0.5) is 8.78 Å². The lowest BCUT2D eigenvalue weighted by molar-refractivity contribution is 0.376. The summed E-state index contributed by atoms with van der Waals surface area (Å²) in [4.78, 5) is 0. The van der Waals surface area contributed by atoms with Gasteiger partial charge in [0.25, 0.3) is 0 Å². The normalized spacial score (nSPS) is 17.1. The van der Waals surface area contributed by atoms with Crippen molar-refractivity contribution in [2.75, 3.05) is 0 Å². The Balaban J connectivity index is 2.33. The Morgan fingerprint density at radius 2 is 2.00 bits per heavy atom. The summed E-state index contributed by atoms with van der Waals surface area (Å²) in [7, 11) is 0. The van der Waals surface area contributed by atoms with Crippen LogP contribution >= 0.6 is 0 Å². The summed E-state index contributed by atoms with van der Waals surface area (Å²) < 4.78 is 33.5. The number of halogens is 2. The number of nitriles is 1. The number of hydrogen-bond donors (Lipinski definition) is 2. The number of H-pyrrole nitrogens is 1. The number of aromatic amines is 1. The number of rotatable bonds is 1. The highest BCUT2D eigenvalue weighted by Crippen LogP contribution is 2.43. The van der Waals surface area contributed by atoms with Crippen molar-refractivity contribution < 1.29 is 13.5 Å². The molecule has 0 spiro atoms. The highest BCUT2D eigenvalue weighted by Gasteiger charge is 2.37. The zero-order chi connectivity index (χ0) is 15.1. The van der Waals surface area contributed by atoms with E-state index in [2.05, 4.69) is 10.2 Å². The summed E-state index contributed by atoms with van der Waals surface area (Å²) >= 11 is 0. The van der Waals surface area contributed by atoms with Crippen LogP contribution in [0.1, 0.15) is 22.7 Å². The number of aryl methyl sites for hydroxylation is 1. The number of benzene rings is 1. The van der Waals surface area contributed by atoms with E-state index in [1.54, 1.807) is 6.92 Å². The van der Waals surface area contributed by atoms with Crippen LogP contribution < -0.4 is 10.5 Å². The first-order chi connectivity index (χ1) is 10.0. The van der Waals surface area contributed by atoms with E-state index in [0.29, 0.717) is 11.3 Å². The molecule has 1 aromatic carbocycles. The molecule has 0 amide bonds. The van der Waals surface area contributed by atoms with Crippen molar-refractivity contribution in [2.24, 2.45) is 5.73 Å². The van der Waals surface area contributed by atoms with Gasteiger partial charge in [-0.2, -0.15) is 5.26 Å². The number of fused-ring (bicyclic) bond motifs is 1. The maximum absolute atomic E-state index is 14.1. The Kier molecular flexibility index (Phi) is 2.87. The topological polar surface area (TPSA) is 87.7 Å². The maximum atomic E-state index is 14.1. The molecular formula is C14H10F2N4O. The first-order valence-corrected chi connectivity index (χ1v) is 6.11. The van der Waals surface area contributed by atoms with Gasteiger partial charge in [-0.3, -0.25) is 5.10 Å². The lowest BCUT2D eigenvalue weighted by Gasteiger charge is -2.24. The van der Waals surface area contributed by atoms with Crippen molar-refractivity contribution in [1.29, 1.82) is 5.26 Å². The molecule has 2 aromatic rings. The van der Waals surface area contributed by atoms with Crippen LogP contribution in [-0.4, -0.2) is 10.2 Å². The Labute approximate surface area is 118 Å². The van der Waals surface area contributed by atoms with Crippen molar-refractivity contribution in [3.63, 3.8) is 0 Å². The second-order valence-corrected chi connectivity index (χ2v) is 4.63. The fourth-order valence-electron chi connectivity index (χ4n) is 2.47. The Bertz CT molecular complexity index is 784. The molecule has 5 nitrogen and oxygen atoms in total. The largest absolute Gasteiger partial charge is 0.420 e. The monoisotopic (exact) mass is 288 g/mol. The van der Waals surface area contributed by atoms with Crippen LogP contribution in [0.2, 0.25) is 0 Å². The van der Waals surface area contributed by atoms with Gasteiger partial charge in [0, 0.05) is 16.8 Å². The standard InChI is InChI=1S/C14H10F2N4O/c1-6-10-11(12-8(15)3-2-4-9(12)16)7(5-17)13(18)21-14(10)20-19-6/h2-4,11H,18H2,1H3,(H,19,20). The van der Waals surface area contributed by atoms with Crippen molar-refractivity contribution in [2.45, 2.75) is 12.8 Å². The molecule has 0 saturated carbocycles.